The lowest BCUT2D eigenvalue weighted by Crippen LogP contribution is -2.42. The lowest BCUT2D eigenvalue weighted by atomic mass is 10.1. The maximum absolute atomic E-state index is 13.6. The molecule has 0 radical (unpaired) electrons. The molecule has 0 saturated carbocycles. The van der Waals surface area contributed by atoms with Gasteiger partial charge in [0, 0.05) is 30.8 Å². The predicted molar refractivity (Wildman–Crippen MR) is 68.2 cm³/mol. The molecule has 1 aromatic carbocycles. The van der Waals surface area contributed by atoms with Crippen LogP contribution in [-0.4, -0.2) is 28.2 Å². The highest BCUT2D eigenvalue weighted by Crippen LogP contribution is 2.16. The molecule has 0 aliphatic carbocycles. The molecule has 4 heteroatoms. The summed E-state index contributed by atoms with van der Waals surface area (Å²) < 4.78 is 26.4. The molecule has 0 heterocycles. The average molecular weight is 257 g/mol. The number of hydrogen-bond donors (Lipinski definition) is 1. The normalized spacial score (nSPS) is 12.5. The summed E-state index contributed by atoms with van der Waals surface area (Å²) in [6.07, 6.45) is 0. The van der Waals surface area contributed by atoms with E-state index in [2.05, 4.69) is 0 Å². The maximum Gasteiger partial charge on any atom is 0.130 e. The van der Waals surface area contributed by atoms with E-state index in [0.717, 1.165) is 6.07 Å². The van der Waals surface area contributed by atoms with E-state index in [1.807, 2.05) is 18.7 Å². The van der Waals surface area contributed by atoms with Gasteiger partial charge in [-0.3, -0.25) is 4.90 Å². The molecule has 0 spiro atoms. The van der Waals surface area contributed by atoms with Crippen LogP contribution in [0.1, 0.15) is 33.3 Å². The van der Waals surface area contributed by atoms with Gasteiger partial charge in [-0.05, 0) is 33.8 Å². The fraction of sp³-hybridized carbons (Fsp3) is 0.571. The van der Waals surface area contributed by atoms with Crippen LogP contribution in [-0.2, 0) is 6.54 Å². The maximum atomic E-state index is 13.6. The SMILES string of the molecule is CC(C)N(Cc1ccc(F)cc1F)CC(C)(C)O. The second-order valence-corrected chi connectivity index (χ2v) is 5.55. The van der Waals surface area contributed by atoms with E-state index in [1.54, 1.807) is 13.8 Å². The lowest BCUT2D eigenvalue weighted by Gasteiger charge is -2.32. The summed E-state index contributed by atoms with van der Waals surface area (Å²) in [6.45, 7) is 8.17. The molecule has 0 fully saturated rings. The Bertz CT molecular complexity index is 399. The van der Waals surface area contributed by atoms with E-state index in [1.165, 1.54) is 12.1 Å². The van der Waals surface area contributed by atoms with Crippen molar-refractivity contribution in [2.24, 2.45) is 0 Å². The zero-order valence-electron chi connectivity index (χ0n) is 11.4. The van der Waals surface area contributed by atoms with Crippen molar-refractivity contribution in [1.82, 2.24) is 4.90 Å². The Balaban J connectivity index is 2.83. The van der Waals surface area contributed by atoms with Crippen molar-refractivity contribution in [2.75, 3.05) is 6.54 Å². The van der Waals surface area contributed by atoms with E-state index in [-0.39, 0.29) is 6.04 Å². The summed E-state index contributed by atoms with van der Waals surface area (Å²) in [5.74, 6) is -1.12. The van der Waals surface area contributed by atoms with Crippen LogP contribution in [0.25, 0.3) is 0 Å². The van der Waals surface area contributed by atoms with Gasteiger partial charge in [0.05, 0.1) is 5.60 Å². The Labute approximate surface area is 107 Å². The molecule has 0 aromatic heterocycles. The van der Waals surface area contributed by atoms with Crippen molar-refractivity contribution >= 4 is 0 Å². The largest absolute Gasteiger partial charge is 0.389 e. The van der Waals surface area contributed by atoms with Crippen LogP contribution in [0.3, 0.4) is 0 Å². The molecule has 1 rings (SSSR count). The van der Waals surface area contributed by atoms with Gasteiger partial charge < -0.3 is 5.11 Å². The molecular formula is C14H21F2NO. The summed E-state index contributed by atoms with van der Waals surface area (Å²) in [6, 6.07) is 3.75. The van der Waals surface area contributed by atoms with Gasteiger partial charge in [-0.15, -0.1) is 0 Å². The molecule has 2 nitrogen and oxygen atoms in total. The number of halogens is 2. The van der Waals surface area contributed by atoms with Gasteiger partial charge in [0.1, 0.15) is 11.6 Å². The van der Waals surface area contributed by atoms with Crippen LogP contribution in [0.4, 0.5) is 8.78 Å². The second-order valence-electron chi connectivity index (χ2n) is 5.55. The van der Waals surface area contributed by atoms with Crippen LogP contribution >= 0.6 is 0 Å². The summed E-state index contributed by atoms with van der Waals surface area (Å²) in [5, 5.41) is 9.83. The molecule has 0 aliphatic rings. The Morgan fingerprint density at radius 1 is 1.28 bits per heavy atom. The second kappa shape index (κ2) is 5.76. The van der Waals surface area contributed by atoms with Crippen LogP contribution in [0.5, 0.6) is 0 Å². The van der Waals surface area contributed by atoms with Gasteiger partial charge in [-0.1, -0.05) is 6.07 Å². The smallest absolute Gasteiger partial charge is 0.130 e. The summed E-state index contributed by atoms with van der Waals surface area (Å²) in [4.78, 5) is 1.95. The standard InChI is InChI=1S/C14H21F2NO/c1-10(2)17(9-14(3,4)18)8-11-5-6-12(15)7-13(11)16/h5-7,10,18H,8-9H2,1-4H3. The topological polar surface area (TPSA) is 23.5 Å². The van der Waals surface area contributed by atoms with Gasteiger partial charge in [0.25, 0.3) is 0 Å². The first-order valence-electron chi connectivity index (χ1n) is 6.09. The first-order valence-corrected chi connectivity index (χ1v) is 6.09. The van der Waals surface area contributed by atoms with Crippen molar-refractivity contribution in [1.29, 1.82) is 0 Å². The van der Waals surface area contributed by atoms with Gasteiger partial charge in [0.2, 0.25) is 0 Å². The van der Waals surface area contributed by atoms with Crippen molar-refractivity contribution < 1.29 is 13.9 Å². The molecular weight excluding hydrogens is 236 g/mol. The number of aliphatic hydroxyl groups is 1. The van der Waals surface area contributed by atoms with Gasteiger partial charge in [0.15, 0.2) is 0 Å². The van der Waals surface area contributed by atoms with Gasteiger partial charge in [-0.25, -0.2) is 8.78 Å². The van der Waals surface area contributed by atoms with Crippen LogP contribution in [0.15, 0.2) is 18.2 Å². The first-order chi connectivity index (χ1) is 8.19. The number of benzene rings is 1. The monoisotopic (exact) mass is 257 g/mol. The number of nitrogens with zero attached hydrogens (tertiary/aromatic N) is 1. The van der Waals surface area contributed by atoms with Crippen LogP contribution in [0, 0.1) is 11.6 Å². The fourth-order valence-corrected chi connectivity index (χ4v) is 1.79. The number of hydrogen-bond acceptors (Lipinski definition) is 2. The minimum atomic E-state index is -0.846. The number of rotatable bonds is 5. The Morgan fingerprint density at radius 3 is 2.33 bits per heavy atom. The predicted octanol–water partition coefficient (Wildman–Crippen LogP) is 2.95. The fourth-order valence-electron chi connectivity index (χ4n) is 1.79. The molecule has 0 saturated heterocycles. The first kappa shape index (κ1) is 15.1. The van der Waals surface area contributed by atoms with Crippen molar-refractivity contribution in [2.45, 2.75) is 45.9 Å². The average Bonchev–Trinajstić information content (AvgIpc) is 2.18. The third-order valence-corrected chi connectivity index (χ3v) is 2.71. The lowest BCUT2D eigenvalue weighted by molar-refractivity contribution is 0.0221. The molecule has 0 unspecified atom stereocenters. The Kier molecular flexibility index (Phi) is 4.82. The molecule has 102 valence electrons. The molecule has 0 aliphatic heterocycles. The highest BCUT2D eigenvalue weighted by atomic mass is 19.1. The quantitative estimate of drug-likeness (QED) is 0.876. The Morgan fingerprint density at radius 2 is 1.89 bits per heavy atom. The van der Waals surface area contributed by atoms with Gasteiger partial charge in [-0.2, -0.15) is 0 Å². The zero-order chi connectivity index (χ0) is 13.9. The van der Waals surface area contributed by atoms with Gasteiger partial charge >= 0.3 is 0 Å². The molecule has 0 atom stereocenters. The summed E-state index contributed by atoms with van der Waals surface area (Å²) in [5.41, 5.74) is -0.407. The molecule has 0 amide bonds. The third kappa shape index (κ3) is 4.70. The van der Waals surface area contributed by atoms with E-state index in [0.29, 0.717) is 18.7 Å². The van der Waals surface area contributed by atoms with Crippen molar-refractivity contribution in [3.05, 3.63) is 35.4 Å². The van der Waals surface area contributed by atoms with E-state index in [9.17, 15) is 13.9 Å². The third-order valence-electron chi connectivity index (χ3n) is 2.71. The van der Waals surface area contributed by atoms with Crippen LogP contribution in [0.2, 0.25) is 0 Å². The highest BCUT2D eigenvalue weighted by Gasteiger charge is 2.21. The van der Waals surface area contributed by atoms with E-state index >= 15 is 0 Å². The summed E-state index contributed by atoms with van der Waals surface area (Å²) in [7, 11) is 0. The van der Waals surface area contributed by atoms with E-state index in [4.69, 9.17) is 0 Å². The van der Waals surface area contributed by atoms with Crippen LogP contribution < -0.4 is 0 Å². The Hall–Kier alpha value is -1.00. The minimum absolute atomic E-state index is 0.167. The minimum Gasteiger partial charge on any atom is -0.389 e. The highest BCUT2D eigenvalue weighted by molar-refractivity contribution is 5.18. The summed E-state index contributed by atoms with van der Waals surface area (Å²) >= 11 is 0. The molecule has 18 heavy (non-hydrogen) atoms. The molecule has 1 aromatic rings. The zero-order valence-corrected chi connectivity index (χ0v) is 11.4. The molecule has 0 bridgehead atoms. The van der Waals surface area contributed by atoms with E-state index < -0.39 is 17.2 Å². The van der Waals surface area contributed by atoms with Crippen molar-refractivity contribution in [3.63, 3.8) is 0 Å². The van der Waals surface area contributed by atoms with Crippen molar-refractivity contribution in [3.8, 4) is 0 Å². The molecule has 1 N–H and O–H groups in total.